The third-order valence-corrected chi connectivity index (χ3v) is 4.61. The van der Waals surface area contributed by atoms with Crippen LogP contribution in [-0.2, 0) is 9.59 Å². The van der Waals surface area contributed by atoms with E-state index in [2.05, 4.69) is 9.44 Å². The molecule has 0 saturated carbocycles. The van der Waals surface area contributed by atoms with Crippen LogP contribution in [0.25, 0.3) is 0 Å². The van der Waals surface area contributed by atoms with Gasteiger partial charge in [-0.3, -0.25) is 9.59 Å². The molecule has 1 radical (unpaired) electrons. The number of carbonyl (C=O) groups excluding carboxylic acids is 2. The Morgan fingerprint density at radius 1 is 1.20 bits per heavy atom. The molecule has 4 nitrogen and oxygen atoms in total. The summed E-state index contributed by atoms with van der Waals surface area (Å²) < 4.78 is 6.36. The fourth-order valence-electron chi connectivity index (χ4n) is 1.08. The van der Waals surface area contributed by atoms with Crippen LogP contribution in [0, 0.1) is 0 Å². The van der Waals surface area contributed by atoms with Gasteiger partial charge in [0.2, 0.25) is 11.4 Å². The van der Waals surface area contributed by atoms with Gasteiger partial charge in [0.1, 0.15) is 0 Å². The summed E-state index contributed by atoms with van der Waals surface area (Å²) in [5.74, 6) is 0. The van der Waals surface area contributed by atoms with E-state index in [-0.39, 0.29) is 5.12 Å². The van der Waals surface area contributed by atoms with Gasteiger partial charge >= 0.3 is 0 Å². The molecule has 1 aromatic rings. The SMILES string of the molecule is CC([C]=O)NSC(=O)C(C)NSC(=S)c1ccccc1. The van der Waals surface area contributed by atoms with Crippen LogP contribution in [0.15, 0.2) is 30.3 Å². The van der Waals surface area contributed by atoms with E-state index < -0.39 is 12.1 Å². The van der Waals surface area contributed by atoms with Crippen molar-refractivity contribution in [1.29, 1.82) is 0 Å². The molecule has 0 aliphatic carbocycles. The van der Waals surface area contributed by atoms with Crippen molar-refractivity contribution < 1.29 is 9.59 Å². The van der Waals surface area contributed by atoms with E-state index in [0.717, 1.165) is 17.5 Å². The first-order chi connectivity index (χ1) is 9.54. The van der Waals surface area contributed by atoms with Gasteiger partial charge in [-0.05, 0) is 37.7 Å². The number of thiocarbonyl (C=S) groups is 1. The Labute approximate surface area is 132 Å². The van der Waals surface area contributed by atoms with Gasteiger partial charge < -0.3 is 0 Å². The summed E-state index contributed by atoms with van der Waals surface area (Å²) >= 11 is 7.41. The maximum absolute atomic E-state index is 11.8. The lowest BCUT2D eigenvalue weighted by Gasteiger charge is -2.12. The van der Waals surface area contributed by atoms with E-state index >= 15 is 0 Å². The zero-order valence-electron chi connectivity index (χ0n) is 11.1. The molecule has 1 rings (SSSR count). The Morgan fingerprint density at radius 2 is 1.85 bits per heavy atom. The maximum atomic E-state index is 11.8. The van der Waals surface area contributed by atoms with Crippen LogP contribution >= 0.6 is 36.1 Å². The largest absolute Gasteiger partial charge is 0.289 e. The molecule has 0 aliphatic heterocycles. The molecule has 7 heteroatoms. The van der Waals surface area contributed by atoms with E-state index in [1.54, 1.807) is 20.1 Å². The zero-order chi connectivity index (χ0) is 15.0. The minimum Gasteiger partial charge on any atom is -0.289 e. The van der Waals surface area contributed by atoms with Crippen LogP contribution in [0.2, 0.25) is 0 Å². The molecule has 0 saturated heterocycles. The molecule has 0 heterocycles. The van der Waals surface area contributed by atoms with E-state index in [9.17, 15) is 9.59 Å². The van der Waals surface area contributed by atoms with Crippen LogP contribution < -0.4 is 9.44 Å². The third kappa shape index (κ3) is 6.15. The number of rotatable bonds is 7. The Hall–Kier alpha value is -0.730. The van der Waals surface area contributed by atoms with Crippen LogP contribution in [0.4, 0.5) is 0 Å². The van der Waals surface area contributed by atoms with Gasteiger partial charge in [0.15, 0.2) is 0 Å². The lowest BCUT2D eigenvalue weighted by atomic mass is 10.2. The second-order valence-electron chi connectivity index (χ2n) is 3.97. The summed E-state index contributed by atoms with van der Waals surface area (Å²) in [4.78, 5) is 22.1. The van der Waals surface area contributed by atoms with Gasteiger partial charge in [-0.15, -0.1) is 0 Å². The summed E-state index contributed by atoms with van der Waals surface area (Å²) in [6.07, 6.45) is 1.75. The predicted octanol–water partition coefficient (Wildman–Crippen LogP) is 2.25. The summed E-state index contributed by atoms with van der Waals surface area (Å²) in [5, 5.41) is -0.115. The molecule has 0 aromatic heterocycles. The summed E-state index contributed by atoms with van der Waals surface area (Å²) in [5.41, 5.74) is 0.939. The lowest BCUT2D eigenvalue weighted by Crippen LogP contribution is -2.32. The van der Waals surface area contributed by atoms with Crippen molar-refractivity contribution in [1.82, 2.24) is 9.44 Å². The summed E-state index contributed by atoms with van der Waals surface area (Å²) in [6, 6.07) is 8.71. The van der Waals surface area contributed by atoms with Crippen LogP contribution in [-0.4, -0.2) is 27.7 Å². The van der Waals surface area contributed by atoms with Crippen molar-refractivity contribution in [2.75, 3.05) is 0 Å². The first kappa shape index (κ1) is 17.3. The number of nitrogens with one attached hydrogen (secondary N) is 2. The lowest BCUT2D eigenvalue weighted by molar-refractivity contribution is -0.112. The van der Waals surface area contributed by atoms with Gasteiger partial charge in [-0.25, -0.2) is 9.44 Å². The number of benzene rings is 1. The number of hydrogen-bond acceptors (Lipinski definition) is 7. The standard InChI is InChI=1S/C13H15N2O2S3/c1-9(8-16)14-19-12(17)10(2)15-20-13(18)11-6-4-3-5-7-11/h3-7,9-10,14-15H,1-2H3. The highest BCUT2D eigenvalue weighted by Gasteiger charge is 2.15. The average Bonchev–Trinajstić information content (AvgIpc) is 2.50. The quantitative estimate of drug-likeness (QED) is 0.588. The van der Waals surface area contributed by atoms with Crippen molar-refractivity contribution in [2.24, 2.45) is 0 Å². The Kier molecular flexibility index (Phi) is 8.01. The molecule has 0 fully saturated rings. The first-order valence-electron chi connectivity index (χ1n) is 5.90. The zero-order valence-corrected chi connectivity index (χ0v) is 13.5. The van der Waals surface area contributed by atoms with Crippen molar-refractivity contribution in [3.63, 3.8) is 0 Å². The minimum atomic E-state index is -0.478. The molecule has 1 aromatic carbocycles. The predicted molar refractivity (Wildman–Crippen MR) is 89.2 cm³/mol. The van der Waals surface area contributed by atoms with Gasteiger partial charge in [-0.2, -0.15) is 0 Å². The molecule has 2 atom stereocenters. The van der Waals surface area contributed by atoms with Gasteiger partial charge in [0.05, 0.1) is 16.3 Å². The second kappa shape index (κ2) is 9.25. The molecular weight excluding hydrogens is 312 g/mol. The maximum Gasteiger partial charge on any atom is 0.221 e. The number of carbonyl (C=O) groups is 1. The van der Waals surface area contributed by atoms with E-state index in [1.165, 1.54) is 11.9 Å². The minimum absolute atomic E-state index is 0.115. The molecular formula is C13H15N2O2S3. The fourth-order valence-corrected chi connectivity index (χ4v) is 2.66. The third-order valence-electron chi connectivity index (χ3n) is 2.20. The smallest absolute Gasteiger partial charge is 0.221 e. The van der Waals surface area contributed by atoms with Gasteiger partial charge in [-0.1, -0.05) is 42.5 Å². The molecule has 0 aliphatic rings. The van der Waals surface area contributed by atoms with Crippen molar-refractivity contribution in [3.8, 4) is 0 Å². The highest BCUT2D eigenvalue weighted by molar-refractivity contribution is 8.22. The van der Waals surface area contributed by atoms with Gasteiger partial charge in [0, 0.05) is 5.56 Å². The molecule has 2 N–H and O–H groups in total. The second-order valence-corrected chi connectivity index (χ2v) is 6.33. The van der Waals surface area contributed by atoms with Crippen molar-refractivity contribution >= 4 is 51.7 Å². The van der Waals surface area contributed by atoms with E-state index in [4.69, 9.17) is 12.2 Å². The van der Waals surface area contributed by atoms with Crippen molar-refractivity contribution in [2.45, 2.75) is 25.9 Å². The summed E-state index contributed by atoms with van der Waals surface area (Å²) in [7, 11) is 0. The molecule has 107 valence electrons. The number of hydrogen-bond donors (Lipinski definition) is 2. The van der Waals surface area contributed by atoms with Crippen LogP contribution in [0.1, 0.15) is 19.4 Å². The Morgan fingerprint density at radius 3 is 2.45 bits per heavy atom. The molecule has 20 heavy (non-hydrogen) atoms. The average molecular weight is 327 g/mol. The van der Waals surface area contributed by atoms with Crippen molar-refractivity contribution in [3.05, 3.63) is 35.9 Å². The highest BCUT2D eigenvalue weighted by Crippen LogP contribution is 2.13. The van der Waals surface area contributed by atoms with Crippen LogP contribution in [0.3, 0.4) is 0 Å². The fraction of sp³-hybridized carbons (Fsp3) is 0.308. The first-order valence-corrected chi connectivity index (χ1v) is 7.94. The Bertz CT molecular complexity index is 468. The molecule has 2 unspecified atom stereocenters. The van der Waals surface area contributed by atoms with Gasteiger partial charge in [0.25, 0.3) is 0 Å². The topological polar surface area (TPSA) is 58.2 Å². The molecule has 0 bridgehead atoms. The molecule has 0 spiro atoms. The normalized spacial score (nSPS) is 13.5. The van der Waals surface area contributed by atoms with Crippen LogP contribution in [0.5, 0.6) is 0 Å². The highest BCUT2D eigenvalue weighted by atomic mass is 32.2. The van der Waals surface area contributed by atoms with E-state index in [1.807, 2.05) is 30.3 Å². The molecule has 0 amide bonds. The Balaban J connectivity index is 2.35. The monoisotopic (exact) mass is 327 g/mol. The van der Waals surface area contributed by atoms with E-state index in [0.29, 0.717) is 4.20 Å². The summed E-state index contributed by atoms with van der Waals surface area (Å²) in [6.45, 7) is 3.37.